The number of anilines is 1. The molecule has 0 aliphatic rings. The Morgan fingerprint density at radius 1 is 1.33 bits per heavy atom. The zero-order valence-corrected chi connectivity index (χ0v) is 11.2. The first-order chi connectivity index (χ1) is 8.56. The molecule has 0 bridgehead atoms. The van der Waals surface area contributed by atoms with Crippen LogP contribution in [0.5, 0.6) is 5.75 Å². The van der Waals surface area contributed by atoms with E-state index in [1.54, 1.807) is 17.1 Å². The Bertz CT molecular complexity index is 528. The standard InChI is InChI=1S/C13H16ClN3O/c1-9-5-12(6-10(2)13(9)14)18-4-3-17-8-11(15)7-16-17/h5-8H,3-4,15H2,1-2H3. The third kappa shape index (κ3) is 2.96. The van der Waals surface area contributed by atoms with Gasteiger partial charge in [-0.05, 0) is 37.1 Å². The van der Waals surface area contributed by atoms with Crippen LogP contribution in [0.25, 0.3) is 0 Å². The van der Waals surface area contributed by atoms with Gasteiger partial charge in [-0.25, -0.2) is 0 Å². The lowest BCUT2D eigenvalue weighted by molar-refractivity contribution is 0.291. The van der Waals surface area contributed by atoms with E-state index in [1.807, 2.05) is 26.0 Å². The van der Waals surface area contributed by atoms with Crippen molar-refractivity contribution in [2.24, 2.45) is 0 Å². The number of hydrogen-bond acceptors (Lipinski definition) is 3. The number of rotatable bonds is 4. The number of ether oxygens (including phenoxy) is 1. The van der Waals surface area contributed by atoms with Crippen molar-refractivity contribution < 1.29 is 4.74 Å². The number of nitrogens with two attached hydrogens (primary N) is 1. The molecule has 2 aromatic rings. The molecule has 5 heteroatoms. The molecule has 0 radical (unpaired) electrons. The van der Waals surface area contributed by atoms with Gasteiger partial charge in [0.2, 0.25) is 0 Å². The molecule has 0 saturated carbocycles. The zero-order chi connectivity index (χ0) is 13.1. The maximum atomic E-state index is 6.10. The Morgan fingerprint density at radius 3 is 2.56 bits per heavy atom. The van der Waals surface area contributed by atoms with E-state index in [-0.39, 0.29) is 0 Å². The largest absolute Gasteiger partial charge is 0.492 e. The summed E-state index contributed by atoms with van der Waals surface area (Å²) < 4.78 is 7.43. The van der Waals surface area contributed by atoms with Crippen molar-refractivity contribution in [2.75, 3.05) is 12.3 Å². The molecule has 0 atom stereocenters. The van der Waals surface area contributed by atoms with Gasteiger partial charge in [-0.2, -0.15) is 5.10 Å². The fraction of sp³-hybridized carbons (Fsp3) is 0.308. The Hall–Kier alpha value is -1.68. The number of halogens is 1. The van der Waals surface area contributed by atoms with Crippen LogP contribution in [-0.4, -0.2) is 16.4 Å². The first-order valence-electron chi connectivity index (χ1n) is 5.74. The maximum absolute atomic E-state index is 6.10. The zero-order valence-electron chi connectivity index (χ0n) is 10.5. The van der Waals surface area contributed by atoms with Crippen LogP contribution in [0, 0.1) is 13.8 Å². The average Bonchev–Trinajstić information content (AvgIpc) is 2.72. The third-order valence-electron chi connectivity index (χ3n) is 2.65. The normalized spacial score (nSPS) is 10.6. The van der Waals surface area contributed by atoms with E-state index < -0.39 is 0 Å². The van der Waals surface area contributed by atoms with Gasteiger partial charge in [0, 0.05) is 11.2 Å². The van der Waals surface area contributed by atoms with Crippen LogP contribution in [0.1, 0.15) is 11.1 Å². The van der Waals surface area contributed by atoms with Crippen LogP contribution in [0.3, 0.4) is 0 Å². The van der Waals surface area contributed by atoms with Crippen molar-refractivity contribution in [3.63, 3.8) is 0 Å². The summed E-state index contributed by atoms with van der Waals surface area (Å²) in [6, 6.07) is 3.87. The summed E-state index contributed by atoms with van der Waals surface area (Å²) in [6.07, 6.45) is 3.40. The number of nitrogen functional groups attached to an aromatic ring is 1. The molecule has 0 spiro atoms. The van der Waals surface area contributed by atoms with E-state index >= 15 is 0 Å². The second-order valence-corrected chi connectivity index (χ2v) is 4.63. The molecule has 2 N–H and O–H groups in total. The molecule has 1 heterocycles. The predicted octanol–water partition coefficient (Wildman–Crippen LogP) is 2.81. The van der Waals surface area contributed by atoms with Crippen LogP contribution >= 0.6 is 11.6 Å². The maximum Gasteiger partial charge on any atom is 0.120 e. The van der Waals surface area contributed by atoms with E-state index in [1.165, 1.54) is 0 Å². The number of aromatic nitrogens is 2. The highest BCUT2D eigenvalue weighted by atomic mass is 35.5. The van der Waals surface area contributed by atoms with E-state index in [4.69, 9.17) is 22.1 Å². The molecule has 0 unspecified atom stereocenters. The van der Waals surface area contributed by atoms with Gasteiger partial charge in [-0.1, -0.05) is 11.6 Å². The van der Waals surface area contributed by atoms with Gasteiger partial charge in [0.25, 0.3) is 0 Å². The SMILES string of the molecule is Cc1cc(OCCn2cc(N)cn2)cc(C)c1Cl. The molecule has 0 aliphatic carbocycles. The van der Waals surface area contributed by atoms with Gasteiger partial charge in [0.05, 0.1) is 18.4 Å². The summed E-state index contributed by atoms with van der Waals surface area (Å²) in [5.74, 6) is 0.828. The molecule has 0 saturated heterocycles. The molecule has 0 amide bonds. The number of hydrogen-bond donors (Lipinski definition) is 1. The van der Waals surface area contributed by atoms with Crippen molar-refractivity contribution in [3.05, 3.63) is 40.7 Å². The van der Waals surface area contributed by atoms with Gasteiger partial charge in [0.1, 0.15) is 12.4 Å². The van der Waals surface area contributed by atoms with Crippen molar-refractivity contribution in [3.8, 4) is 5.75 Å². The summed E-state index contributed by atoms with van der Waals surface area (Å²) in [6.45, 7) is 5.15. The van der Waals surface area contributed by atoms with Gasteiger partial charge >= 0.3 is 0 Å². The van der Waals surface area contributed by atoms with E-state index in [2.05, 4.69) is 5.10 Å². The first-order valence-corrected chi connectivity index (χ1v) is 6.11. The average molecular weight is 266 g/mol. The van der Waals surface area contributed by atoms with Gasteiger partial charge in [-0.15, -0.1) is 0 Å². The molecule has 0 aliphatic heterocycles. The molecular weight excluding hydrogens is 250 g/mol. The number of aryl methyl sites for hydroxylation is 2. The molecule has 4 nitrogen and oxygen atoms in total. The van der Waals surface area contributed by atoms with Crippen molar-refractivity contribution in [1.82, 2.24) is 9.78 Å². The minimum atomic E-state index is 0.543. The van der Waals surface area contributed by atoms with Crippen molar-refractivity contribution >= 4 is 17.3 Å². The van der Waals surface area contributed by atoms with Crippen LogP contribution in [0.4, 0.5) is 5.69 Å². The van der Waals surface area contributed by atoms with Crippen molar-refractivity contribution in [1.29, 1.82) is 0 Å². The number of nitrogens with zero attached hydrogens (tertiary/aromatic N) is 2. The predicted molar refractivity (Wildman–Crippen MR) is 73.1 cm³/mol. The quantitative estimate of drug-likeness (QED) is 0.925. The Balaban J connectivity index is 1.94. The lowest BCUT2D eigenvalue weighted by Gasteiger charge is -2.10. The minimum absolute atomic E-state index is 0.543. The van der Waals surface area contributed by atoms with Crippen LogP contribution in [0.2, 0.25) is 5.02 Å². The molecule has 2 rings (SSSR count). The summed E-state index contributed by atoms with van der Waals surface area (Å²) >= 11 is 6.10. The fourth-order valence-electron chi connectivity index (χ4n) is 1.75. The Labute approximate surface area is 111 Å². The van der Waals surface area contributed by atoms with Crippen LogP contribution < -0.4 is 10.5 Å². The molecular formula is C13H16ClN3O. The molecule has 1 aromatic heterocycles. The van der Waals surface area contributed by atoms with Gasteiger partial charge in [0.15, 0.2) is 0 Å². The van der Waals surface area contributed by atoms with Gasteiger partial charge < -0.3 is 10.5 Å². The molecule has 18 heavy (non-hydrogen) atoms. The molecule has 0 fully saturated rings. The van der Waals surface area contributed by atoms with E-state index in [0.29, 0.717) is 18.8 Å². The highest BCUT2D eigenvalue weighted by molar-refractivity contribution is 6.32. The minimum Gasteiger partial charge on any atom is -0.492 e. The molecule has 1 aromatic carbocycles. The monoisotopic (exact) mass is 265 g/mol. The first kappa shape index (κ1) is 12.8. The second kappa shape index (κ2) is 5.31. The second-order valence-electron chi connectivity index (χ2n) is 4.26. The summed E-state index contributed by atoms with van der Waals surface area (Å²) in [4.78, 5) is 0. The fourth-order valence-corrected chi connectivity index (χ4v) is 1.86. The van der Waals surface area contributed by atoms with Crippen molar-refractivity contribution in [2.45, 2.75) is 20.4 Å². The third-order valence-corrected chi connectivity index (χ3v) is 3.25. The Morgan fingerprint density at radius 2 is 2.00 bits per heavy atom. The van der Waals surface area contributed by atoms with Crippen LogP contribution in [-0.2, 0) is 6.54 Å². The summed E-state index contributed by atoms with van der Waals surface area (Å²) in [7, 11) is 0. The molecule has 96 valence electrons. The van der Waals surface area contributed by atoms with Gasteiger partial charge in [-0.3, -0.25) is 4.68 Å². The summed E-state index contributed by atoms with van der Waals surface area (Å²) in [5.41, 5.74) is 8.29. The highest BCUT2D eigenvalue weighted by Gasteiger charge is 2.03. The smallest absolute Gasteiger partial charge is 0.120 e. The van der Waals surface area contributed by atoms with E-state index in [9.17, 15) is 0 Å². The lowest BCUT2D eigenvalue weighted by Crippen LogP contribution is -2.08. The Kier molecular flexibility index (Phi) is 3.77. The topological polar surface area (TPSA) is 53.1 Å². The highest BCUT2D eigenvalue weighted by Crippen LogP contribution is 2.25. The van der Waals surface area contributed by atoms with Crippen LogP contribution in [0.15, 0.2) is 24.5 Å². The number of benzene rings is 1. The van der Waals surface area contributed by atoms with E-state index in [0.717, 1.165) is 21.9 Å². The lowest BCUT2D eigenvalue weighted by atomic mass is 10.1. The summed E-state index contributed by atoms with van der Waals surface area (Å²) in [5, 5.41) is 4.88.